The zero-order chi connectivity index (χ0) is 12.3. The first-order valence-electron chi connectivity index (χ1n) is 7.29. The monoisotopic (exact) mass is 240 g/mol. The Kier molecular flexibility index (Phi) is 4.83. The second-order valence-electron chi connectivity index (χ2n) is 6.19. The molecule has 1 aliphatic heterocycles. The van der Waals surface area contributed by atoms with E-state index in [1.807, 2.05) is 0 Å². The number of nitrogens with zero attached hydrogens (tertiary/aromatic N) is 2. The fourth-order valence-electron chi connectivity index (χ4n) is 3.25. The summed E-state index contributed by atoms with van der Waals surface area (Å²) in [4.78, 5) is 5.25. The van der Waals surface area contributed by atoms with Gasteiger partial charge in [-0.1, -0.05) is 13.8 Å². The SMILES string of the molecule is CC(C)CN1CCN(C2CCC(O)CC2)CC1. The molecule has 0 atom stereocenters. The molecular formula is C14H28N2O. The van der Waals surface area contributed by atoms with Crippen molar-refractivity contribution in [3.05, 3.63) is 0 Å². The molecule has 1 N–H and O–H groups in total. The number of aliphatic hydroxyl groups excluding tert-OH is 1. The Morgan fingerprint density at radius 3 is 2.12 bits per heavy atom. The number of hydrogen-bond acceptors (Lipinski definition) is 3. The third-order valence-corrected chi connectivity index (χ3v) is 4.21. The maximum atomic E-state index is 9.54. The van der Waals surface area contributed by atoms with Crippen LogP contribution in [0.15, 0.2) is 0 Å². The molecule has 2 aliphatic rings. The van der Waals surface area contributed by atoms with E-state index in [-0.39, 0.29) is 6.10 Å². The summed E-state index contributed by atoms with van der Waals surface area (Å²) in [6, 6.07) is 0.750. The van der Waals surface area contributed by atoms with E-state index in [1.54, 1.807) is 0 Å². The van der Waals surface area contributed by atoms with Gasteiger partial charge in [0, 0.05) is 38.8 Å². The van der Waals surface area contributed by atoms with Crippen LogP contribution in [0.3, 0.4) is 0 Å². The fourth-order valence-corrected chi connectivity index (χ4v) is 3.25. The minimum Gasteiger partial charge on any atom is -0.393 e. The van der Waals surface area contributed by atoms with E-state index < -0.39 is 0 Å². The zero-order valence-corrected chi connectivity index (χ0v) is 11.4. The van der Waals surface area contributed by atoms with Crippen molar-refractivity contribution in [2.45, 2.75) is 51.7 Å². The normalized spacial score (nSPS) is 33.2. The third kappa shape index (κ3) is 3.94. The molecule has 100 valence electrons. The van der Waals surface area contributed by atoms with Gasteiger partial charge < -0.3 is 10.0 Å². The van der Waals surface area contributed by atoms with Crippen LogP contribution in [0.5, 0.6) is 0 Å². The first kappa shape index (κ1) is 13.3. The van der Waals surface area contributed by atoms with Crippen LogP contribution in [-0.2, 0) is 0 Å². The van der Waals surface area contributed by atoms with Gasteiger partial charge >= 0.3 is 0 Å². The van der Waals surface area contributed by atoms with Gasteiger partial charge in [-0.3, -0.25) is 4.90 Å². The Bertz CT molecular complexity index is 216. The molecule has 1 heterocycles. The number of piperazine rings is 1. The molecule has 0 aromatic carbocycles. The fraction of sp³-hybridized carbons (Fsp3) is 1.00. The molecule has 3 heteroatoms. The highest BCUT2D eigenvalue weighted by atomic mass is 16.3. The van der Waals surface area contributed by atoms with E-state index in [4.69, 9.17) is 0 Å². The number of hydrogen-bond donors (Lipinski definition) is 1. The Labute approximate surface area is 106 Å². The molecule has 0 amide bonds. The molecule has 0 radical (unpaired) electrons. The molecule has 0 spiro atoms. The smallest absolute Gasteiger partial charge is 0.0541 e. The Balaban J connectivity index is 1.71. The lowest BCUT2D eigenvalue weighted by Gasteiger charge is -2.41. The summed E-state index contributed by atoms with van der Waals surface area (Å²) in [5.41, 5.74) is 0. The molecule has 2 fully saturated rings. The van der Waals surface area contributed by atoms with Crippen molar-refractivity contribution in [1.82, 2.24) is 9.80 Å². The average Bonchev–Trinajstić information content (AvgIpc) is 2.30. The van der Waals surface area contributed by atoms with Gasteiger partial charge in [0.25, 0.3) is 0 Å². The summed E-state index contributed by atoms with van der Waals surface area (Å²) in [5, 5.41) is 9.54. The highest BCUT2D eigenvalue weighted by Crippen LogP contribution is 2.24. The van der Waals surface area contributed by atoms with E-state index in [0.717, 1.165) is 24.8 Å². The second-order valence-corrected chi connectivity index (χ2v) is 6.19. The molecule has 0 aromatic rings. The van der Waals surface area contributed by atoms with E-state index in [1.165, 1.54) is 45.6 Å². The highest BCUT2D eigenvalue weighted by molar-refractivity contribution is 4.83. The van der Waals surface area contributed by atoms with Crippen molar-refractivity contribution in [3.8, 4) is 0 Å². The van der Waals surface area contributed by atoms with Gasteiger partial charge in [-0.15, -0.1) is 0 Å². The summed E-state index contributed by atoms with van der Waals surface area (Å²) < 4.78 is 0. The van der Waals surface area contributed by atoms with Crippen molar-refractivity contribution >= 4 is 0 Å². The summed E-state index contributed by atoms with van der Waals surface area (Å²) >= 11 is 0. The van der Waals surface area contributed by atoms with Crippen LogP contribution in [0, 0.1) is 5.92 Å². The first-order chi connectivity index (χ1) is 8.15. The molecule has 1 saturated heterocycles. The molecular weight excluding hydrogens is 212 g/mol. The molecule has 0 bridgehead atoms. The van der Waals surface area contributed by atoms with Gasteiger partial charge in [0.05, 0.1) is 6.10 Å². The summed E-state index contributed by atoms with van der Waals surface area (Å²) in [5.74, 6) is 0.784. The Morgan fingerprint density at radius 2 is 1.59 bits per heavy atom. The van der Waals surface area contributed by atoms with Crippen LogP contribution < -0.4 is 0 Å². The van der Waals surface area contributed by atoms with Crippen LogP contribution in [-0.4, -0.2) is 59.8 Å². The minimum absolute atomic E-state index is 0.0199. The van der Waals surface area contributed by atoms with Crippen LogP contribution in [0.4, 0.5) is 0 Å². The van der Waals surface area contributed by atoms with Gasteiger partial charge in [-0.25, -0.2) is 0 Å². The van der Waals surface area contributed by atoms with Crippen LogP contribution in [0.25, 0.3) is 0 Å². The zero-order valence-electron chi connectivity index (χ0n) is 11.4. The van der Waals surface area contributed by atoms with E-state index >= 15 is 0 Å². The minimum atomic E-state index is -0.0199. The average molecular weight is 240 g/mol. The Hall–Kier alpha value is -0.120. The number of rotatable bonds is 3. The van der Waals surface area contributed by atoms with Crippen LogP contribution >= 0.6 is 0 Å². The van der Waals surface area contributed by atoms with Gasteiger partial charge in [-0.05, 0) is 31.6 Å². The predicted molar refractivity (Wildman–Crippen MR) is 71.1 cm³/mol. The molecule has 0 aromatic heterocycles. The lowest BCUT2D eigenvalue weighted by atomic mass is 9.91. The van der Waals surface area contributed by atoms with E-state index in [2.05, 4.69) is 23.6 Å². The highest BCUT2D eigenvalue weighted by Gasteiger charge is 2.27. The summed E-state index contributed by atoms with van der Waals surface area (Å²) in [6.07, 6.45) is 4.40. The molecule has 17 heavy (non-hydrogen) atoms. The van der Waals surface area contributed by atoms with Crippen molar-refractivity contribution in [1.29, 1.82) is 0 Å². The summed E-state index contributed by atoms with van der Waals surface area (Å²) in [7, 11) is 0. The van der Waals surface area contributed by atoms with E-state index in [9.17, 15) is 5.11 Å². The van der Waals surface area contributed by atoms with Crippen LogP contribution in [0.2, 0.25) is 0 Å². The lowest BCUT2D eigenvalue weighted by Crippen LogP contribution is -2.51. The Morgan fingerprint density at radius 1 is 1.00 bits per heavy atom. The largest absolute Gasteiger partial charge is 0.393 e. The summed E-state index contributed by atoms with van der Waals surface area (Å²) in [6.45, 7) is 10.8. The molecule has 3 nitrogen and oxygen atoms in total. The predicted octanol–water partition coefficient (Wildman–Crippen LogP) is 1.56. The first-order valence-corrected chi connectivity index (χ1v) is 7.29. The quantitative estimate of drug-likeness (QED) is 0.811. The van der Waals surface area contributed by atoms with Crippen molar-refractivity contribution in [3.63, 3.8) is 0 Å². The molecule has 0 unspecified atom stereocenters. The lowest BCUT2D eigenvalue weighted by molar-refractivity contribution is 0.0415. The van der Waals surface area contributed by atoms with Crippen molar-refractivity contribution in [2.75, 3.05) is 32.7 Å². The van der Waals surface area contributed by atoms with Gasteiger partial charge in [0.2, 0.25) is 0 Å². The maximum absolute atomic E-state index is 9.54. The van der Waals surface area contributed by atoms with Crippen LogP contribution in [0.1, 0.15) is 39.5 Å². The van der Waals surface area contributed by atoms with Crippen molar-refractivity contribution in [2.24, 2.45) is 5.92 Å². The maximum Gasteiger partial charge on any atom is 0.0541 e. The van der Waals surface area contributed by atoms with Gasteiger partial charge in [0.1, 0.15) is 0 Å². The molecule has 2 rings (SSSR count). The number of aliphatic hydroxyl groups is 1. The van der Waals surface area contributed by atoms with E-state index in [0.29, 0.717) is 0 Å². The topological polar surface area (TPSA) is 26.7 Å². The van der Waals surface area contributed by atoms with Gasteiger partial charge in [0.15, 0.2) is 0 Å². The van der Waals surface area contributed by atoms with Gasteiger partial charge in [-0.2, -0.15) is 0 Å². The standard InChI is InChI=1S/C14H28N2O/c1-12(2)11-15-7-9-16(10-8-15)13-3-5-14(17)6-4-13/h12-14,17H,3-11H2,1-2H3. The molecule has 1 aliphatic carbocycles. The molecule has 1 saturated carbocycles. The third-order valence-electron chi connectivity index (χ3n) is 4.21. The van der Waals surface area contributed by atoms with Crippen molar-refractivity contribution < 1.29 is 5.11 Å². The second kappa shape index (κ2) is 6.17.